The summed E-state index contributed by atoms with van der Waals surface area (Å²) in [5.74, 6) is 0.635. The van der Waals surface area contributed by atoms with E-state index in [1.807, 2.05) is 34.7 Å². The zero-order chi connectivity index (χ0) is 24.1. The molecule has 7 nitrogen and oxygen atoms in total. The lowest BCUT2D eigenvalue weighted by molar-refractivity contribution is -0.113. The molecule has 0 unspecified atom stereocenters. The number of aromatic nitrogens is 4. The molecule has 0 radical (unpaired) electrons. The lowest BCUT2D eigenvalue weighted by Gasteiger charge is -2.14. The Bertz CT molecular complexity index is 1350. The molecular formula is C26H31N5O2S. The number of nitrogens with zero attached hydrogens (tertiary/aromatic N) is 4. The van der Waals surface area contributed by atoms with Crippen molar-refractivity contribution in [2.24, 2.45) is 0 Å². The first-order valence-electron chi connectivity index (χ1n) is 12.0. The van der Waals surface area contributed by atoms with Crippen LogP contribution in [-0.2, 0) is 24.2 Å². The van der Waals surface area contributed by atoms with E-state index in [0.29, 0.717) is 22.9 Å². The molecule has 2 heterocycles. The number of para-hydroxylation sites is 2. The third kappa shape index (κ3) is 4.73. The van der Waals surface area contributed by atoms with Gasteiger partial charge in [-0.05, 0) is 42.5 Å². The minimum atomic E-state index is -0.0853. The highest BCUT2D eigenvalue weighted by Gasteiger charge is 2.18. The number of hydrogen-bond acceptors (Lipinski definition) is 5. The molecule has 178 valence electrons. The van der Waals surface area contributed by atoms with E-state index < -0.39 is 0 Å². The SMILES string of the molecule is CCCCCn1c(=O)c2ccccc2n2c(SCC(=O)Nc3c(CC)cccc3CC)nnc12. The summed E-state index contributed by atoms with van der Waals surface area (Å²) in [6, 6.07) is 13.7. The highest BCUT2D eigenvalue weighted by molar-refractivity contribution is 7.99. The number of hydrogen-bond donors (Lipinski definition) is 1. The van der Waals surface area contributed by atoms with Crippen LogP contribution in [0.15, 0.2) is 52.4 Å². The molecule has 1 N–H and O–H groups in total. The number of aryl methyl sites for hydroxylation is 3. The van der Waals surface area contributed by atoms with E-state index in [1.54, 1.807) is 4.57 Å². The molecule has 0 aliphatic rings. The van der Waals surface area contributed by atoms with Crippen LogP contribution in [0.25, 0.3) is 16.7 Å². The fraction of sp³-hybridized carbons (Fsp3) is 0.385. The van der Waals surface area contributed by atoms with Crippen LogP contribution in [0.3, 0.4) is 0 Å². The maximum absolute atomic E-state index is 13.1. The molecule has 2 aromatic carbocycles. The lowest BCUT2D eigenvalue weighted by atomic mass is 10.0. The van der Waals surface area contributed by atoms with Crippen molar-refractivity contribution in [2.45, 2.75) is 64.6 Å². The summed E-state index contributed by atoms with van der Waals surface area (Å²) in [6.45, 7) is 6.91. The van der Waals surface area contributed by atoms with Crippen LogP contribution in [-0.4, -0.2) is 30.8 Å². The summed E-state index contributed by atoms with van der Waals surface area (Å²) < 4.78 is 3.61. The maximum atomic E-state index is 13.1. The Morgan fingerprint density at radius 2 is 1.71 bits per heavy atom. The Balaban J connectivity index is 1.64. The number of nitrogens with one attached hydrogen (secondary N) is 1. The number of amides is 1. The summed E-state index contributed by atoms with van der Waals surface area (Å²) in [7, 11) is 0. The fourth-order valence-electron chi connectivity index (χ4n) is 4.26. The Morgan fingerprint density at radius 3 is 2.41 bits per heavy atom. The second-order valence-corrected chi connectivity index (χ2v) is 9.24. The molecule has 34 heavy (non-hydrogen) atoms. The third-order valence-electron chi connectivity index (χ3n) is 6.06. The van der Waals surface area contributed by atoms with E-state index in [9.17, 15) is 9.59 Å². The van der Waals surface area contributed by atoms with Gasteiger partial charge < -0.3 is 5.32 Å². The van der Waals surface area contributed by atoms with E-state index in [-0.39, 0.29) is 17.2 Å². The highest BCUT2D eigenvalue weighted by Crippen LogP contribution is 2.25. The Hall–Kier alpha value is -3.13. The van der Waals surface area contributed by atoms with Crippen molar-refractivity contribution in [1.82, 2.24) is 19.2 Å². The van der Waals surface area contributed by atoms with Crippen LogP contribution in [0.5, 0.6) is 0 Å². The molecule has 0 fully saturated rings. The van der Waals surface area contributed by atoms with Crippen LogP contribution in [0.1, 0.15) is 51.2 Å². The number of rotatable bonds is 10. The number of anilines is 1. The first-order chi connectivity index (χ1) is 16.6. The Labute approximate surface area is 203 Å². The minimum Gasteiger partial charge on any atom is -0.325 e. The third-order valence-corrected chi connectivity index (χ3v) is 6.99. The van der Waals surface area contributed by atoms with Gasteiger partial charge >= 0.3 is 0 Å². The molecule has 4 aromatic rings. The number of unbranched alkanes of at least 4 members (excludes halogenated alkanes) is 2. The number of carbonyl (C=O) groups excluding carboxylic acids is 1. The number of benzene rings is 2. The van der Waals surface area contributed by atoms with Crippen LogP contribution >= 0.6 is 11.8 Å². The van der Waals surface area contributed by atoms with Gasteiger partial charge in [0.25, 0.3) is 5.56 Å². The quantitative estimate of drug-likeness (QED) is 0.254. The van der Waals surface area contributed by atoms with Gasteiger partial charge in [-0.1, -0.05) is 75.7 Å². The molecule has 0 atom stereocenters. The van der Waals surface area contributed by atoms with Crippen LogP contribution in [0.4, 0.5) is 5.69 Å². The van der Waals surface area contributed by atoms with Crippen molar-refractivity contribution in [1.29, 1.82) is 0 Å². The summed E-state index contributed by atoms with van der Waals surface area (Å²) in [5.41, 5.74) is 3.88. The van der Waals surface area contributed by atoms with Gasteiger partial charge in [-0.15, -0.1) is 10.2 Å². The zero-order valence-corrected chi connectivity index (χ0v) is 20.8. The molecule has 0 bridgehead atoms. The summed E-state index contributed by atoms with van der Waals surface area (Å²) in [6.07, 6.45) is 4.72. The van der Waals surface area contributed by atoms with Crippen LogP contribution < -0.4 is 10.9 Å². The van der Waals surface area contributed by atoms with E-state index in [0.717, 1.165) is 54.4 Å². The molecule has 0 aliphatic carbocycles. The predicted octanol–water partition coefficient (Wildman–Crippen LogP) is 5.09. The molecule has 0 spiro atoms. The average Bonchev–Trinajstić information content (AvgIpc) is 3.29. The fourth-order valence-corrected chi connectivity index (χ4v) is 5.00. The van der Waals surface area contributed by atoms with E-state index in [4.69, 9.17) is 0 Å². The van der Waals surface area contributed by atoms with Crippen molar-refractivity contribution < 1.29 is 4.79 Å². The van der Waals surface area contributed by atoms with Crippen molar-refractivity contribution >= 4 is 40.0 Å². The summed E-state index contributed by atoms with van der Waals surface area (Å²) in [5, 5.41) is 13.0. The van der Waals surface area contributed by atoms with Gasteiger partial charge in [0, 0.05) is 12.2 Å². The van der Waals surface area contributed by atoms with Crippen molar-refractivity contribution in [3.63, 3.8) is 0 Å². The van der Waals surface area contributed by atoms with Crippen molar-refractivity contribution in [2.75, 3.05) is 11.1 Å². The average molecular weight is 478 g/mol. The number of thioether (sulfide) groups is 1. The van der Waals surface area contributed by atoms with E-state index in [1.165, 1.54) is 11.8 Å². The van der Waals surface area contributed by atoms with Gasteiger partial charge in [-0.25, -0.2) is 0 Å². The lowest BCUT2D eigenvalue weighted by Crippen LogP contribution is -2.23. The monoisotopic (exact) mass is 477 g/mol. The molecule has 2 aromatic heterocycles. The summed E-state index contributed by atoms with van der Waals surface area (Å²) >= 11 is 1.33. The van der Waals surface area contributed by atoms with Crippen LogP contribution in [0, 0.1) is 0 Å². The topological polar surface area (TPSA) is 81.3 Å². The van der Waals surface area contributed by atoms with Gasteiger partial charge in [-0.2, -0.15) is 0 Å². The largest absolute Gasteiger partial charge is 0.325 e. The highest BCUT2D eigenvalue weighted by atomic mass is 32.2. The Morgan fingerprint density at radius 1 is 0.971 bits per heavy atom. The maximum Gasteiger partial charge on any atom is 0.262 e. The second kappa shape index (κ2) is 10.9. The van der Waals surface area contributed by atoms with Crippen molar-refractivity contribution in [3.05, 3.63) is 63.9 Å². The van der Waals surface area contributed by atoms with E-state index in [2.05, 4.69) is 48.4 Å². The number of carbonyl (C=O) groups is 1. The standard InChI is InChI=1S/C26H31N5O2S/c1-4-7-10-16-30-24(33)20-14-8-9-15-21(20)31-25(30)28-29-26(31)34-17-22(32)27-23-18(5-2)12-11-13-19(23)6-3/h8-9,11-15H,4-7,10,16-17H2,1-3H3,(H,27,32). The summed E-state index contributed by atoms with van der Waals surface area (Å²) in [4.78, 5) is 26.0. The van der Waals surface area contributed by atoms with Gasteiger partial charge in [0.1, 0.15) is 0 Å². The molecule has 1 amide bonds. The van der Waals surface area contributed by atoms with E-state index >= 15 is 0 Å². The van der Waals surface area contributed by atoms with Crippen LogP contribution in [0.2, 0.25) is 0 Å². The Kier molecular flexibility index (Phi) is 7.67. The van der Waals surface area contributed by atoms with Gasteiger partial charge in [0.2, 0.25) is 11.7 Å². The normalized spacial score (nSPS) is 11.4. The smallest absolute Gasteiger partial charge is 0.262 e. The molecule has 0 saturated carbocycles. The van der Waals surface area contributed by atoms with Gasteiger partial charge in [0.15, 0.2) is 5.16 Å². The molecule has 4 rings (SSSR count). The first kappa shape index (κ1) is 24.0. The predicted molar refractivity (Wildman–Crippen MR) is 139 cm³/mol. The van der Waals surface area contributed by atoms with Gasteiger partial charge in [0.05, 0.1) is 16.7 Å². The molecule has 8 heteroatoms. The molecular weight excluding hydrogens is 446 g/mol. The van der Waals surface area contributed by atoms with Crippen molar-refractivity contribution in [3.8, 4) is 0 Å². The first-order valence-corrected chi connectivity index (χ1v) is 13.0. The van der Waals surface area contributed by atoms with Gasteiger partial charge in [-0.3, -0.25) is 18.6 Å². The molecule has 0 saturated heterocycles. The second-order valence-electron chi connectivity index (χ2n) is 8.29. The zero-order valence-electron chi connectivity index (χ0n) is 20.0. The minimum absolute atomic E-state index is 0.0517. The number of fused-ring (bicyclic) bond motifs is 3. The molecule has 0 aliphatic heterocycles.